The second-order valence-corrected chi connectivity index (χ2v) is 4.25. The average Bonchev–Trinajstić information content (AvgIpc) is 2.34. The Morgan fingerprint density at radius 2 is 2.00 bits per heavy atom. The average molecular weight is 241 g/mol. The number of alkyl halides is 2. The van der Waals surface area contributed by atoms with E-state index in [1.54, 1.807) is 12.1 Å². The molecule has 0 aliphatic heterocycles. The Balaban J connectivity index is 2.24. The van der Waals surface area contributed by atoms with Gasteiger partial charge in [-0.15, -0.1) is 0 Å². The van der Waals surface area contributed by atoms with Gasteiger partial charge in [-0.05, 0) is 44.3 Å². The maximum Gasteiger partial charge on any atom is 0.263 e. The first kappa shape index (κ1) is 14.1. The fourth-order valence-electron chi connectivity index (χ4n) is 1.77. The Morgan fingerprint density at radius 1 is 1.18 bits per heavy atom. The molecule has 0 unspecified atom stereocenters. The van der Waals surface area contributed by atoms with Crippen LogP contribution in [-0.2, 0) is 6.42 Å². The molecule has 0 saturated carbocycles. The van der Waals surface area contributed by atoms with Gasteiger partial charge >= 0.3 is 0 Å². The molecule has 0 atom stereocenters. The highest BCUT2D eigenvalue weighted by atomic mass is 19.3. The molecule has 0 saturated heterocycles. The van der Waals surface area contributed by atoms with Gasteiger partial charge in [-0.1, -0.05) is 31.2 Å². The standard InChI is InChI=1S/C14H21F2N/c1-2-9-17-10-4-3-6-12-7-5-8-13(11-12)14(15)16/h5,7-8,11,14,17H,2-4,6,9-10H2,1H3. The third-order valence-electron chi connectivity index (χ3n) is 2.70. The summed E-state index contributed by atoms with van der Waals surface area (Å²) in [4.78, 5) is 0. The molecule has 1 rings (SSSR count). The lowest BCUT2D eigenvalue weighted by Gasteiger charge is -2.05. The Kier molecular flexibility index (Phi) is 6.78. The number of benzene rings is 1. The minimum atomic E-state index is -2.36. The molecule has 0 bridgehead atoms. The molecule has 1 nitrogen and oxygen atoms in total. The minimum Gasteiger partial charge on any atom is -0.317 e. The quantitative estimate of drug-likeness (QED) is 0.680. The van der Waals surface area contributed by atoms with E-state index < -0.39 is 6.43 Å². The van der Waals surface area contributed by atoms with E-state index in [0.29, 0.717) is 0 Å². The van der Waals surface area contributed by atoms with Crippen LogP contribution in [0.5, 0.6) is 0 Å². The predicted octanol–water partition coefficient (Wildman–Crippen LogP) is 3.95. The largest absolute Gasteiger partial charge is 0.317 e. The molecule has 0 fully saturated rings. The van der Waals surface area contributed by atoms with E-state index >= 15 is 0 Å². The molecular weight excluding hydrogens is 220 g/mol. The SMILES string of the molecule is CCCNCCCCc1cccc(C(F)F)c1. The summed E-state index contributed by atoms with van der Waals surface area (Å²) in [5, 5.41) is 3.33. The van der Waals surface area contributed by atoms with Crippen LogP contribution in [0, 0.1) is 0 Å². The Hall–Kier alpha value is -0.960. The van der Waals surface area contributed by atoms with E-state index in [2.05, 4.69) is 12.2 Å². The van der Waals surface area contributed by atoms with Crippen molar-refractivity contribution in [3.8, 4) is 0 Å². The van der Waals surface area contributed by atoms with Crippen molar-refractivity contribution in [2.45, 2.75) is 39.0 Å². The van der Waals surface area contributed by atoms with Crippen LogP contribution >= 0.6 is 0 Å². The van der Waals surface area contributed by atoms with Crippen LogP contribution in [0.4, 0.5) is 8.78 Å². The summed E-state index contributed by atoms with van der Waals surface area (Å²) in [6, 6.07) is 6.73. The van der Waals surface area contributed by atoms with Crippen molar-refractivity contribution >= 4 is 0 Å². The van der Waals surface area contributed by atoms with Crippen LogP contribution in [0.1, 0.15) is 43.7 Å². The van der Waals surface area contributed by atoms with Gasteiger partial charge in [0, 0.05) is 5.56 Å². The molecule has 1 N–H and O–H groups in total. The van der Waals surface area contributed by atoms with E-state index in [1.807, 2.05) is 6.07 Å². The van der Waals surface area contributed by atoms with E-state index in [1.165, 1.54) is 6.07 Å². The predicted molar refractivity (Wildman–Crippen MR) is 67.5 cm³/mol. The maximum absolute atomic E-state index is 12.5. The van der Waals surface area contributed by atoms with E-state index in [9.17, 15) is 8.78 Å². The second-order valence-electron chi connectivity index (χ2n) is 4.25. The normalized spacial score (nSPS) is 11.1. The molecule has 0 radical (unpaired) electrons. The molecule has 1 aromatic rings. The lowest BCUT2D eigenvalue weighted by Crippen LogP contribution is -2.15. The van der Waals surface area contributed by atoms with Gasteiger partial charge in [0.25, 0.3) is 6.43 Å². The first-order valence-electron chi connectivity index (χ1n) is 6.31. The number of nitrogens with one attached hydrogen (secondary N) is 1. The molecule has 96 valence electrons. The third-order valence-corrected chi connectivity index (χ3v) is 2.70. The summed E-state index contributed by atoms with van der Waals surface area (Å²) in [6.45, 7) is 4.21. The van der Waals surface area contributed by atoms with Crippen molar-refractivity contribution in [3.05, 3.63) is 35.4 Å². The van der Waals surface area contributed by atoms with Gasteiger partial charge in [-0.25, -0.2) is 8.78 Å². The molecule has 0 aliphatic rings. The van der Waals surface area contributed by atoms with Crippen LogP contribution < -0.4 is 5.32 Å². The fourth-order valence-corrected chi connectivity index (χ4v) is 1.77. The minimum absolute atomic E-state index is 0.131. The molecule has 3 heteroatoms. The Morgan fingerprint density at radius 3 is 2.71 bits per heavy atom. The molecule has 0 aliphatic carbocycles. The van der Waals surface area contributed by atoms with Gasteiger partial charge in [0.05, 0.1) is 0 Å². The van der Waals surface area contributed by atoms with Crippen molar-refractivity contribution in [3.63, 3.8) is 0 Å². The van der Waals surface area contributed by atoms with Crippen molar-refractivity contribution in [2.24, 2.45) is 0 Å². The number of unbranched alkanes of at least 4 members (excludes halogenated alkanes) is 1. The highest BCUT2D eigenvalue weighted by molar-refractivity contribution is 5.24. The van der Waals surface area contributed by atoms with Crippen LogP contribution in [-0.4, -0.2) is 13.1 Å². The van der Waals surface area contributed by atoms with Gasteiger partial charge < -0.3 is 5.32 Å². The summed E-state index contributed by atoms with van der Waals surface area (Å²) >= 11 is 0. The van der Waals surface area contributed by atoms with Gasteiger partial charge in [0.1, 0.15) is 0 Å². The Bertz CT molecular complexity index is 313. The number of aryl methyl sites for hydroxylation is 1. The first-order chi connectivity index (χ1) is 8.24. The highest BCUT2D eigenvalue weighted by Gasteiger charge is 2.06. The van der Waals surface area contributed by atoms with Gasteiger partial charge in [0.15, 0.2) is 0 Å². The van der Waals surface area contributed by atoms with Crippen LogP contribution in [0.15, 0.2) is 24.3 Å². The smallest absolute Gasteiger partial charge is 0.263 e. The van der Waals surface area contributed by atoms with Crippen molar-refractivity contribution in [2.75, 3.05) is 13.1 Å². The zero-order valence-electron chi connectivity index (χ0n) is 10.4. The van der Waals surface area contributed by atoms with E-state index in [4.69, 9.17) is 0 Å². The summed E-state index contributed by atoms with van der Waals surface area (Å²) in [5.74, 6) is 0. The molecule has 0 heterocycles. The zero-order chi connectivity index (χ0) is 12.5. The topological polar surface area (TPSA) is 12.0 Å². The fraction of sp³-hybridized carbons (Fsp3) is 0.571. The van der Waals surface area contributed by atoms with Crippen molar-refractivity contribution in [1.82, 2.24) is 5.32 Å². The van der Waals surface area contributed by atoms with Crippen molar-refractivity contribution < 1.29 is 8.78 Å². The molecule has 0 amide bonds. The van der Waals surface area contributed by atoms with Crippen molar-refractivity contribution in [1.29, 1.82) is 0 Å². The summed E-state index contributed by atoms with van der Waals surface area (Å²) in [5.41, 5.74) is 1.14. The molecule has 0 aromatic heterocycles. The monoisotopic (exact) mass is 241 g/mol. The third kappa shape index (κ3) is 5.78. The zero-order valence-corrected chi connectivity index (χ0v) is 10.4. The summed E-state index contributed by atoms with van der Waals surface area (Å²) < 4.78 is 24.9. The number of halogens is 2. The van der Waals surface area contributed by atoms with Crippen LogP contribution in [0.25, 0.3) is 0 Å². The lowest BCUT2D eigenvalue weighted by molar-refractivity contribution is 0.151. The second kappa shape index (κ2) is 8.18. The summed E-state index contributed by atoms with van der Waals surface area (Å²) in [7, 11) is 0. The maximum atomic E-state index is 12.5. The van der Waals surface area contributed by atoms with E-state index in [0.717, 1.165) is 44.3 Å². The first-order valence-corrected chi connectivity index (χ1v) is 6.31. The molecule has 17 heavy (non-hydrogen) atoms. The van der Waals surface area contributed by atoms with Crippen LogP contribution in [0.2, 0.25) is 0 Å². The van der Waals surface area contributed by atoms with Crippen LogP contribution in [0.3, 0.4) is 0 Å². The highest BCUT2D eigenvalue weighted by Crippen LogP contribution is 2.20. The van der Waals surface area contributed by atoms with Gasteiger partial charge in [-0.3, -0.25) is 0 Å². The van der Waals surface area contributed by atoms with Gasteiger partial charge in [-0.2, -0.15) is 0 Å². The summed E-state index contributed by atoms with van der Waals surface area (Å²) in [6.07, 6.45) is 1.81. The molecule has 0 spiro atoms. The van der Waals surface area contributed by atoms with E-state index in [-0.39, 0.29) is 5.56 Å². The lowest BCUT2D eigenvalue weighted by atomic mass is 10.1. The molecule has 1 aromatic carbocycles. The molecular formula is C14H21F2N. The number of rotatable bonds is 8. The number of hydrogen-bond donors (Lipinski definition) is 1. The Labute approximate surface area is 102 Å². The number of hydrogen-bond acceptors (Lipinski definition) is 1. The van der Waals surface area contributed by atoms with Gasteiger partial charge in [0.2, 0.25) is 0 Å².